The molecule has 1 unspecified atom stereocenters. The summed E-state index contributed by atoms with van der Waals surface area (Å²) in [4.78, 5) is 0. The summed E-state index contributed by atoms with van der Waals surface area (Å²) < 4.78 is 23.7. The molecule has 1 atom stereocenters. The highest BCUT2D eigenvalue weighted by molar-refractivity contribution is 5.45. The van der Waals surface area contributed by atoms with Crippen molar-refractivity contribution in [3.05, 3.63) is 59.4 Å². The molecular formula is C15H15FO3. The van der Waals surface area contributed by atoms with E-state index in [1.165, 1.54) is 32.4 Å². The van der Waals surface area contributed by atoms with Gasteiger partial charge in [-0.2, -0.15) is 0 Å². The van der Waals surface area contributed by atoms with Gasteiger partial charge in [-0.1, -0.05) is 18.2 Å². The van der Waals surface area contributed by atoms with Crippen LogP contribution in [-0.4, -0.2) is 19.3 Å². The van der Waals surface area contributed by atoms with E-state index in [0.717, 1.165) is 0 Å². The Morgan fingerprint density at radius 3 is 2.26 bits per heavy atom. The smallest absolute Gasteiger partial charge is 0.125 e. The van der Waals surface area contributed by atoms with E-state index in [2.05, 4.69) is 0 Å². The summed E-state index contributed by atoms with van der Waals surface area (Å²) in [5.41, 5.74) is 0.931. The van der Waals surface area contributed by atoms with Crippen molar-refractivity contribution in [3.8, 4) is 11.5 Å². The fourth-order valence-corrected chi connectivity index (χ4v) is 1.98. The number of para-hydroxylation sites is 1. The second kappa shape index (κ2) is 5.71. The van der Waals surface area contributed by atoms with Gasteiger partial charge in [-0.05, 0) is 24.3 Å². The summed E-state index contributed by atoms with van der Waals surface area (Å²) in [5.74, 6) is 0.547. The van der Waals surface area contributed by atoms with Crippen LogP contribution in [0.3, 0.4) is 0 Å². The van der Waals surface area contributed by atoms with Crippen molar-refractivity contribution in [1.29, 1.82) is 0 Å². The fraction of sp³-hybridized carbons (Fsp3) is 0.200. The molecule has 0 fully saturated rings. The van der Waals surface area contributed by atoms with E-state index >= 15 is 0 Å². The van der Waals surface area contributed by atoms with Gasteiger partial charge in [-0.25, -0.2) is 4.39 Å². The van der Waals surface area contributed by atoms with Gasteiger partial charge in [0.1, 0.15) is 23.4 Å². The highest BCUT2D eigenvalue weighted by Gasteiger charge is 2.19. The predicted molar refractivity (Wildman–Crippen MR) is 70.0 cm³/mol. The number of hydrogen-bond donors (Lipinski definition) is 1. The van der Waals surface area contributed by atoms with Gasteiger partial charge in [-0.15, -0.1) is 0 Å². The maximum atomic E-state index is 13.3. The molecule has 0 amide bonds. The van der Waals surface area contributed by atoms with Crippen LogP contribution >= 0.6 is 0 Å². The Hall–Kier alpha value is -2.07. The first-order valence-electron chi connectivity index (χ1n) is 5.81. The van der Waals surface area contributed by atoms with Crippen LogP contribution < -0.4 is 9.47 Å². The lowest BCUT2D eigenvalue weighted by Crippen LogP contribution is -2.05. The minimum atomic E-state index is -1.01. The van der Waals surface area contributed by atoms with Gasteiger partial charge in [-0.3, -0.25) is 0 Å². The Bertz CT molecular complexity index is 569. The first-order valence-corrected chi connectivity index (χ1v) is 5.81. The summed E-state index contributed by atoms with van der Waals surface area (Å²) in [5, 5.41) is 10.4. The van der Waals surface area contributed by atoms with Gasteiger partial charge in [0.25, 0.3) is 0 Å². The van der Waals surface area contributed by atoms with Gasteiger partial charge in [0, 0.05) is 11.1 Å². The van der Waals surface area contributed by atoms with E-state index in [9.17, 15) is 9.50 Å². The zero-order valence-corrected chi connectivity index (χ0v) is 10.8. The number of aliphatic hydroxyl groups excluding tert-OH is 1. The molecule has 0 aromatic heterocycles. The molecule has 0 aliphatic heterocycles. The molecule has 2 rings (SSSR count). The second-order valence-corrected chi connectivity index (χ2v) is 4.03. The van der Waals surface area contributed by atoms with Crippen LogP contribution in [0.15, 0.2) is 42.5 Å². The Morgan fingerprint density at radius 1 is 0.947 bits per heavy atom. The quantitative estimate of drug-likeness (QED) is 0.920. The number of rotatable bonds is 4. The van der Waals surface area contributed by atoms with Crippen LogP contribution in [0.2, 0.25) is 0 Å². The number of aliphatic hydroxyl groups is 1. The first kappa shape index (κ1) is 13.4. The third kappa shape index (κ3) is 2.69. The van der Waals surface area contributed by atoms with Crippen molar-refractivity contribution in [2.45, 2.75) is 6.10 Å². The molecule has 19 heavy (non-hydrogen) atoms. The van der Waals surface area contributed by atoms with Gasteiger partial charge < -0.3 is 14.6 Å². The number of halogens is 1. The predicted octanol–water partition coefficient (Wildman–Crippen LogP) is 2.92. The third-order valence-corrected chi connectivity index (χ3v) is 2.92. The van der Waals surface area contributed by atoms with Crippen molar-refractivity contribution < 1.29 is 19.0 Å². The highest BCUT2D eigenvalue weighted by atomic mass is 19.1. The van der Waals surface area contributed by atoms with Crippen LogP contribution in [-0.2, 0) is 0 Å². The van der Waals surface area contributed by atoms with E-state index in [1.54, 1.807) is 24.3 Å². The molecule has 0 bridgehead atoms. The van der Waals surface area contributed by atoms with E-state index in [1.807, 2.05) is 0 Å². The first-order chi connectivity index (χ1) is 9.17. The van der Waals surface area contributed by atoms with Gasteiger partial charge in [0.05, 0.1) is 14.2 Å². The standard InChI is InChI=1S/C15H15FO3/c1-18-13-6-4-3-5-11(13)15(17)12-9-10(16)7-8-14(12)19-2/h3-9,15,17H,1-2H3. The molecule has 0 aliphatic rings. The molecule has 0 saturated carbocycles. The van der Waals surface area contributed by atoms with Crippen molar-refractivity contribution in [1.82, 2.24) is 0 Å². The molecule has 0 heterocycles. The van der Waals surface area contributed by atoms with Crippen LogP contribution in [0.4, 0.5) is 4.39 Å². The third-order valence-electron chi connectivity index (χ3n) is 2.92. The molecule has 0 saturated heterocycles. The highest BCUT2D eigenvalue weighted by Crippen LogP contribution is 2.34. The van der Waals surface area contributed by atoms with Crippen molar-refractivity contribution in [2.24, 2.45) is 0 Å². The Kier molecular flexibility index (Phi) is 4.02. The van der Waals surface area contributed by atoms with E-state index in [4.69, 9.17) is 9.47 Å². The zero-order valence-electron chi connectivity index (χ0n) is 10.8. The molecule has 100 valence electrons. The van der Waals surface area contributed by atoms with Crippen LogP contribution in [0.1, 0.15) is 17.2 Å². The molecule has 4 heteroatoms. The van der Waals surface area contributed by atoms with Crippen molar-refractivity contribution in [2.75, 3.05) is 14.2 Å². The number of methoxy groups -OCH3 is 2. The Labute approximate surface area is 111 Å². The van der Waals surface area contributed by atoms with Crippen molar-refractivity contribution in [3.63, 3.8) is 0 Å². The average molecular weight is 262 g/mol. The molecule has 3 nitrogen and oxygen atoms in total. The van der Waals surface area contributed by atoms with E-state index in [-0.39, 0.29) is 0 Å². The lowest BCUT2D eigenvalue weighted by Gasteiger charge is -2.17. The SMILES string of the molecule is COc1ccccc1C(O)c1cc(F)ccc1OC. The molecular weight excluding hydrogens is 247 g/mol. The summed E-state index contributed by atoms with van der Waals surface area (Å²) in [6.07, 6.45) is -1.01. The topological polar surface area (TPSA) is 38.7 Å². The summed E-state index contributed by atoms with van der Waals surface area (Å²) >= 11 is 0. The van der Waals surface area contributed by atoms with Gasteiger partial charge >= 0.3 is 0 Å². The van der Waals surface area contributed by atoms with E-state index in [0.29, 0.717) is 22.6 Å². The minimum absolute atomic E-state index is 0.368. The summed E-state index contributed by atoms with van der Waals surface area (Å²) in [6.45, 7) is 0. The number of benzene rings is 2. The maximum absolute atomic E-state index is 13.3. The molecule has 2 aromatic rings. The van der Waals surface area contributed by atoms with Crippen LogP contribution in [0.5, 0.6) is 11.5 Å². The number of ether oxygens (including phenoxy) is 2. The van der Waals surface area contributed by atoms with Gasteiger partial charge in [0.15, 0.2) is 0 Å². The fourth-order valence-electron chi connectivity index (χ4n) is 1.98. The molecule has 2 aromatic carbocycles. The van der Waals surface area contributed by atoms with Crippen molar-refractivity contribution >= 4 is 0 Å². The average Bonchev–Trinajstić information content (AvgIpc) is 2.46. The monoisotopic (exact) mass is 262 g/mol. The largest absolute Gasteiger partial charge is 0.496 e. The van der Waals surface area contributed by atoms with Gasteiger partial charge in [0.2, 0.25) is 0 Å². The normalized spacial score (nSPS) is 12.0. The molecule has 0 aliphatic carbocycles. The lowest BCUT2D eigenvalue weighted by atomic mass is 9.99. The van der Waals surface area contributed by atoms with Crippen LogP contribution in [0, 0.1) is 5.82 Å². The summed E-state index contributed by atoms with van der Waals surface area (Å²) in [6, 6.07) is 11.1. The van der Waals surface area contributed by atoms with E-state index < -0.39 is 11.9 Å². The van der Waals surface area contributed by atoms with Crippen LogP contribution in [0.25, 0.3) is 0 Å². The molecule has 1 N–H and O–H groups in total. The summed E-state index contributed by atoms with van der Waals surface area (Å²) in [7, 11) is 3.00. The Balaban J connectivity index is 2.49. The lowest BCUT2D eigenvalue weighted by molar-refractivity contribution is 0.209. The molecule has 0 radical (unpaired) electrons. The zero-order chi connectivity index (χ0) is 13.8. The number of hydrogen-bond acceptors (Lipinski definition) is 3. The molecule has 0 spiro atoms. The second-order valence-electron chi connectivity index (χ2n) is 4.03. The Morgan fingerprint density at radius 2 is 1.58 bits per heavy atom. The minimum Gasteiger partial charge on any atom is -0.496 e. The maximum Gasteiger partial charge on any atom is 0.125 e.